The maximum atomic E-state index is 9.64. The molecule has 7 heteroatoms. The first-order valence-corrected chi connectivity index (χ1v) is 9.80. The smallest absolute Gasteiger partial charge is 0.196 e. The Kier molecular flexibility index (Phi) is 4.96. The molecule has 0 unspecified atom stereocenters. The summed E-state index contributed by atoms with van der Waals surface area (Å²) in [6, 6.07) is 20.3. The summed E-state index contributed by atoms with van der Waals surface area (Å²) in [5.74, 6) is 0.559. The highest BCUT2D eigenvalue weighted by atomic mass is 32.2. The van der Waals surface area contributed by atoms with Crippen LogP contribution in [0.25, 0.3) is 11.4 Å². The van der Waals surface area contributed by atoms with Crippen LogP contribution in [0.5, 0.6) is 0 Å². The molecule has 0 amide bonds. The molecule has 0 bridgehead atoms. The molecule has 4 aromatic rings. The van der Waals surface area contributed by atoms with E-state index in [1.165, 1.54) is 11.8 Å². The second kappa shape index (κ2) is 7.71. The lowest BCUT2D eigenvalue weighted by Crippen LogP contribution is -2.03. The van der Waals surface area contributed by atoms with Gasteiger partial charge in [-0.2, -0.15) is 10.4 Å². The maximum Gasteiger partial charge on any atom is 0.196 e. The zero-order valence-electron chi connectivity index (χ0n) is 15.6. The van der Waals surface area contributed by atoms with E-state index in [1.54, 1.807) is 6.33 Å². The highest BCUT2D eigenvalue weighted by Gasteiger charge is 2.18. The zero-order valence-corrected chi connectivity index (χ0v) is 16.4. The van der Waals surface area contributed by atoms with Gasteiger partial charge < -0.3 is 0 Å². The van der Waals surface area contributed by atoms with E-state index in [4.69, 9.17) is 0 Å². The van der Waals surface area contributed by atoms with E-state index in [0.29, 0.717) is 11.3 Å². The van der Waals surface area contributed by atoms with E-state index < -0.39 is 0 Å². The Balaban J connectivity index is 1.68. The molecule has 0 aliphatic carbocycles. The molecule has 2 aromatic heterocycles. The summed E-state index contributed by atoms with van der Waals surface area (Å²) in [7, 11) is 0. The lowest BCUT2D eigenvalue weighted by atomic mass is 10.2. The molecule has 0 spiro atoms. The van der Waals surface area contributed by atoms with Gasteiger partial charge in [0.05, 0.1) is 28.3 Å². The average Bonchev–Trinajstić information content (AvgIpc) is 3.31. The first-order chi connectivity index (χ1) is 13.7. The van der Waals surface area contributed by atoms with Crippen molar-refractivity contribution in [3.63, 3.8) is 0 Å². The van der Waals surface area contributed by atoms with Crippen molar-refractivity contribution in [2.75, 3.05) is 0 Å². The van der Waals surface area contributed by atoms with Crippen LogP contribution < -0.4 is 0 Å². The molecule has 2 heterocycles. The molecular weight excluding hydrogens is 368 g/mol. The van der Waals surface area contributed by atoms with Crippen molar-refractivity contribution in [3.05, 3.63) is 83.4 Å². The molecule has 0 aliphatic rings. The van der Waals surface area contributed by atoms with Crippen LogP contribution in [0, 0.1) is 25.2 Å². The van der Waals surface area contributed by atoms with Gasteiger partial charge in [-0.3, -0.25) is 4.57 Å². The van der Waals surface area contributed by atoms with Crippen LogP contribution in [0.1, 0.15) is 22.5 Å². The summed E-state index contributed by atoms with van der Waals surface area (Å²) in [4.78, 5) is 0. The molecule has 0 radical (unpaired) electrons. The number of nitriles is 1. The van der Waals surface area contributed by atoms with Gasteiger partial charge >= 0.3 is 0 Å². The van der Waals surface area contributed by atoms with Gasteiger partial charge in [0.25, 0.3) is 0 Å². The number of rotatable bonds is 5. The van der Waals surface area contributed by atoms with Gasteiger partial charge in [-0.15, -0.1) is 10.2 Å². The van der Waals surface area contributed by atoms with Crippen LogP contribution in [0.2, 0.25) is 0 Å². The van der Waals surface area contributed by atoms with Crippen LogP contribution in [0.3, 0.4) is 0 Å². The standard InChI is InChI=1S/C21H18N6S/c1-15-8-6-7-11-19(15)26-14-23-24-21(26)28-13-20-18(12-22)16(2)25-27(20)17-9-4-3-5-10-17/h3-11,14H,13H2,1-2H3. The second-order valence-electron chi connectivity index (χ2n) is 6.32. The molecule has 0 atom stereocenters. The summed E-state index contributed by atoms with van der Waals surface area (Å²) >= 11 is 1.54. The van der Waals surface area contributed by atoms with Gasteiger partial charge in [0, 0.05) is 5.75 Å². The summed E-state index contributed by atoms with van der Waals surface area (Å²) in [6.45, 7) is 3.92. The number of para-hydroxylation sites is 2. The van der Waals surface area contributed by atoms with Crippen LogP contribution in [-0.4, -0.2) is 24.5 Å². The van der Waals surface area contributed by atoms with E-state index in [1.807, 2.05) is 64.7 Å². The van der Waals surface area contributed by atoms with Crippen molar-refractivity contribution in [3.8, 4) is 17.4 Å². The number of nitrogens with zero attached hydrogens (tertiary/aromatic N) is 6. The number of hydrogen-bond acceptors (Lipinski definition) is 5. The molecule has 0 saturated heterocycles. The van der Waals surface area contributed by atoms with Crippen molar-refractivity contribution in [1.82, 2.24) is 24.5 Å². The Morgan fingerprint density at radius 3 is 2.54 bits per heavy atom. The fraction of sp³-hybridized carbons (Fsp3) is 0.143. The van der Waals surface area contributed by atoms with Gasteiger partial charge in [-0.05, 0) is 37.6 Å². The Morgan fingerprint density at radius 1 is 1.04 bits per heavy atom. The number of benzene rings is 2. The number of aryl methyl sites for hydroxylation is 2. The molecule has 0 N–H and O–H groups in total. The normalized spacial score (nSPS) is 10.8. The fourth-order valence-corrected chi connectivity index (χ4v) is 4.01. The maximum absolute atomic E-state index is 9.64. The monoisotopic (exact) mass is 386 g/mol. The molecular formula is C21H18N6S. The summed E-state index contributed by atoms with van der Waals surface area (Å²) in [5, 5.41) is 23.4. The lowest BCUT2D eigenvalue weighted by molar-refractivity contribution is 0.825. The quantitative estimate of drug-likeness (QED) is 0.480. The van der Waals surface area contributed by atoms with Gasteiger partial charge in [0.15, 0.2) is 5.16 Å². The third-order valence-corrected chi connectivity index (χ3v) is 5.45. The summed E-state index contributed by atoms with van der Waals surface area (Å²) < 4.78 is 3.82. The number of thioether (sulfide) groups is 1. The molecule has 28 heavy (non-hydrogen) atoms. The Labute approximate surface area is 167 Å². The highest BCUT2D eigenvalue weighted by molar-refractivity contribution is 7.98. The van der Waals surface area contributed by atoms with Crippen molar-refractivity contribution in [2.45, 2.75) is 24.8 Å². The molecule has 138 valence electrons. The van der Waals surface area contributed by atoms with E-state index in [2.05, 4.69) is 34.4 Å². The van der Waals surface area contributed by atoms with Gasteiger partial charge in [0.2, 0.25) is 0 Å². The largest absolute Gasteiger partial charge is 0.276 e. The molecule has 2 aromatic carbocycles. The Bertz CT molecular complexity index is 1150. The Morgan fingerprint density at radius 2 is 1.79 bits per heavy atom. The lowest BCUT2D eigenvalue weighted by Gasteiger charge is -2.10. The minimum absolute atomic E-state index is 0.559. The van der Waals surface area contributed by atoms with E-state index in [0.717, 1.165) is 33.5 Å². The van der Waals surface area contributed by atoms with Gasteiger partial charge in [0.1, 0.15) is 12.4 Å². The van der Waals surface area contributed by atoms with Crippen molar-refractivity contribution in [1.29, 1.82) is 5.26 Å². The van der Waals surface area contributed by atoms with Crippen LogP contribution in [-0.2, 0) is 5.75 Å². The molecule has 4 rings (SSSR count). The van der Waals surface area contributed by atoms with Crippen LogP contribution in [0.15, 0.2) is 66.1 Å². The first kappa shape index (κ1) is 18.0. The van der Waals surface area contributed by atoms with Crippen molar-refractivity contribution < 1.29 is 0 Å². The number of hydrogen-bond donors (Lipinski definition) is 0. The molecule has 0 aliphatic heterocycles. The topological polar surface area (TPSA) is 72.3 Å². The Hall–Kier alpha value is -3.37. The summed E-state index contributed by atoms with van der Waals surface area (Å²) in [6.07, 6.45) is 1.72. The van der Waals surface area contributed by atoms with E-state index >= 15 is 0 Å². The minimum atomic E-state index is 0.559. The van der Waals surface area contributed by atoms with Gasteiger partial charge in [-0.25, -0.2) is 4.68 Å². The molecule has 0 fully saturated rings. The fourth-order valence-electron chi connectivity index (χ4n) is 3.09. The van der Waals surface area contributed by atoms with Crippen molar-refractivity contribution >= 4 is 11.8 Å². The van der Waals surface area contributed by atoms with Crippen LogP contribution in [0.4, 0.5) is 0 Å². The average molecular weight is 386 g/mol. The van der Waals surface area contributed by atoms with E-state index in [9.17, 15) is 5.26 Å². The van der Waals surface area contributed by atoms with Gasteiger partial charge in [-0.1, -0.05) is 48.2 Å². The summed E-state index contributed by atoms with van der Waals surface area (Å²) in [5.41, 5.74) is 5.31. The first-order valence-electron chi connectivity index (χ1n) is 8.82. The number of aromatic nitrogens is 5. The van der Waals surface area contributed by atoms with Crippen LogP contribution >= 0.6 is 11.8 Å². The third-order valence-electron chi connectivity index (χ3n) is 4.50. The molecule has 6 nitrogen and oxygen atoms in total. The zero-order chi connectivity index (χ0) is 19.5. The third kappa shape index (κ3) is 3.30. The highest BCUT2D eigenvalue weighted by Crippen LogP contribution is 2.28. The predicted molar refractivity (Wildman–Crippen MR) is 109 cm³/mol. The molecule has 0 saturated carbocycles. The van der Waals surface area contributed by atoms with Crippen molar-refractivity contribution in [2.24, 2.45) is 0 Å². The predicted octanol–water partition coefficient (Wildman–Crippen LogP) is 4.23. The SMILES string of the molecule is Cc1ccccc1-n1cnnc1SCc1c(C#N)c(C)nn1-c1ccccc1. The van der Waals surface area contributed by atoms with E-state index in [-0.39, 0.29) is 0 Å². The minimum Gasteiger partial charge on any atom is -0.276 e. The second-order valence-corrected chi connectivity index (χ2v) is 7.27.